The van der Waals surface area contributed by atoms with Gasteiger partial charge in [0.2, 0.25) is 5.91 Å². The van der Waals surface area contributed by atoms with Crippen LogP contribution in [0.4, 0.5) is 0 Å². The molecule has 0 aromatic rings. The molecule has 0 bridgehead atoms. The Kier molecular flexibility index (Phi) is 6.61. The molecule has 2 rings (SSSR count). The van der Waals surface area contributed by atoms with Gasteiger partial charge in [-0.15, -0.1) is 12.4 Å². The van der Waals surface area contributed by atoms with Gasteiger partial charge in [-0.1, -0.05) is 20.8 Å². The van der Waals surface area contributed by atoms with Crippen molar-refractivity contribution in [1.29, 1.82) is 0 Å². The van der Waals surface area contributed by atoms with E-state index >= 15 is 0 Å². The van der Waals surface area contributed by atoms with Crippen molar-refractivity contribution in [3.8, 4) is 0 Å². The summed E-state index contributed by atoms with van der Waals surface area (Å²) in [4.78, 5) is 14.6. The number of carbonyl (C=O) groups is 1. The predicted molar refractivity (Wildman–Crippen MR) is 81.5 cm³/mol. The molecule has 2 aliphatic heterocycles. The van der Waals surface area contributed by atoms with E-state index in [1.807, 2.05) is 0 Å². The summed E-state index contributed by atoms with van der Waals surface area (Å²) >= 11 is 0. The Labute approximate surface area is 123 Å². The standard InChI is InChI=1S/C15H28N2O.ClH/c1-11(2)13-5-4-7-17(8-6-13)15(18)12(3)14-9-16-10-14;/h11-14,16H,4-10H2,1-3H3;1H. The van der Waals surface area contributed by atoms with Crippen molar-refractivity contribution in [2.45, 2.75) is 40.0 Å². The Balaban J connectivity index is 0.00000180. The minimum atomic E-state index is 0. The molecule has 0 saturated carbocycles. The molecule has 0 aromatic carbocycles. The second-order valence-electron chi connectivity index (χ2n) is 6.47. The molecule has 2 heterocycles. The van der Waals surface area contributed by atoms with Crippen LogP contribution in [0.2, 0.25) is 0 Å². The van der Waals surface area contributed by atoms with Gasteiger partial charge in [0.05, 0.1) is 0 Å². The molecule has 0 aromatic heterocycles. The van der Waals surface area contributed by atoms with Gasteiger partial charge >= 0.3 is 0 Å². The first kappa shape index (κ1) is 16.8. The fourth-order valence-corrected chi connectivity index (χ4v) is 3.16. The van der Waals surface area contributed by atoms with E-state index in [0.29, 0.717) is 11.8 Å². The van der Waals surface area contributed by atoms with E-state index in [-0.39, 0.29) is 18.3 Å². The van der Waals surface area contributed by atoms with Crippen LogP contribution in [0, 0.1) is 23.7 Å². The Morgan fingerprint density at radius 3 is 2.32 bits per heavy atom. The van der Waals surface area contributed by atoms with Gasteiger partial charge in [-0.25, -0.2) is 0 Å². The second kappa shape index (κ2) is 7.49. The van der Waals surface area contributed by atoms with Gasteiger partial charge < -0.3 is 10.2 Å². The number of hydrogen-bond donors (Lipinski definition) is 1. The highest BCUT2D eigenvalue weighted by atomic mass is 35.5. The molecule has 4 heteroatoms. The van der Waals surface area contributed by atoms with Crippen molar-refractivity contribution in [3.63, 3.8) is 0 Å². The molecule has 2 unspecified atom stereocenters. The van der Waals surface area contributed by atoms with Crippen molar-refractivity contribution in [3.05, 3.63) is 0 Å². The van der Waals surface area contributed by atoms with Gasteiger partial charge in [0.1, 0.15) is 0 Å². The van der Waals surface area contributed by atoms with Crippen LogP contribution in [0.15, 0.2) is 0 Å². The largest absolute Gasteiger partial charge is 0.342 e. The molecule has 3 nitrogen and oxygen atoms in total. The number of rotatable bonds is 3. The van der Waals surface area contributed by atoms with Crippen molar-refractivity contribution in [1.82, 2.24) is 10.2 Å². The minimum Gasteiger partial charge on any atom is -0.342 e. The zero-order valence-electron chi connectivity index (χ0n) is 12.5. The van der Waals surface area contributed by atoms with Crippen LogP contribution in [0.25, 0.3) is 0 Å². The van der Waals surface area contributed by atoms with Crippen LogP contribution in [0.3, 0.4) is 0 Å². The van der Waals surface area contributed by atoms with E-state index in [0.717, 1.165) is 38.0 Å². The lowest BCUT2D eigenvalue weighted by Gasteiger charge is -2.34. The molecular weight excluding hydrogens is 260 g/mol. The lowest BCUT2D eigenvalue weighted by Crippen LogP contribution is -2.50. The average molecular weight is 289 g/mol. The second-order valence-corrected chi connectivity index (χ2v) is 6.47. The van der Waals surface area contributed by atoms with Gasteiger partial charge in [0.15, 0.2) is 0 Å². The minimum absolute atomic E-state index is 0. The van der Waals surface area contributed by atoms with Crippen molar-refractivity contribution >= 4 is 18.3 Å². The number of amides is 1. The molecule has 1 N–H and O–H groups in total. The van der Waals surface area contributed by atoms with Gasteiger partial charge in [0, 0.05) is 19.0 Å². The Morgan fingerprint density at radius 1 is 1.11 bits per heavy atom. The van der Waals surface area contributed by atoms with Crippen LogP contribution < -0.4 is 5.32 Å². The summed E-state index contributed by atoms with van der Waals surface area (Å²) < 4.78 is 0. The highest BCUT2D eigenvalue weighted by molar-refractivity contribution is 5.85. The summed E-state index contributed by atoms with van der Waals surface area (Å²) in [5.74, 6) is 2.74. The number of carbonyl (C=O) groups excluding carboxylic acids is 1. The maximum absolute atomic E-state index is 12.5. The molecule has 19 heavy (non-hydrogen) atoms. The fraction of sp³-hybridized carbons (Fsp3) is 0.933. The number of nitrogens with one attached hydrogen (secondary N) is 1. The average Bonchev–Trinajstić information content (AvgIpc) is 2.50. The van der Waals surface area contributed by atoms with Crippen molar-refractivity contribution < 1.29 is 4.79 Å². The highest BCUT2D eigenvalue weighted by Crippen LogP contribution is 2.26. The normalized spacial score (nSPS) is 26.3. The van der Waals surface area contributed by atoms with E-state index in [1.54, 1.807) is 0 Å². The van der Waals surface area contributed by atoms with Crippen LogP contribution in [-0.4, -0.2) is 37.0 Å². The molecule has 0 radical (unpaired) electrons. The zero-order chi connectivity index (χ0) is 13.1. The molecule has 2 atom stereocenters. The third kappa shape index (κ3) is 4.09. The Morgan fingerprint density at radius 2 is 1.79 bits per heavy atom. The van der Waals surface area contributed by atoms with E-state index in [1.165, 1.54) is 19.3 Å². The van der Waals surface area contributed by atoms with E-state index < -0.39 is 0 Å². The third-order valence-corrected chi connectivity index (χ3v) is 4.94. The maximum Gasteiger partial charge on any atom is 0.225 e. The highest BCUT2D eigenvalue weighted by Gasteiger charge is 2.32. The first-order valence-corrected chi connectivity index (χ1v) is 7.59. The molecular formula is C15H29ClN2O. The molecule has 2 fully saturated rings. The monoisotopic (exact) mass is 288 g/mol. The SMILES string of the molecule is CC(C)C1CCCN(C(=O)C(C)C2CNC2)CC1.Cl. The first-order valence-electron chi connectivity index (χ1n) is 7.59. The Hall–Kier alpha value is -0.280. The van der Waals surface area contributed by atoms with Crippen LogP contribution in [0.5, 0.6) is 0 Å². The number of likely N-dealkylation sites (tertiary alicyclic amines) is 1. The van der Waals surface area contributed by atoms with Crippen molar-refractivity contribution in [2.75, 3.05) is 26.2 Å². The van der Waals surface area contributed by atoms with Gasteiger partial charge in [-0.05, 0) is 50.1 Å². The maximum atomic E-state index is 12.5. The molecule has 0 aliphatic carbocycles. The molecule has 0 spiro atoms. The summed E-state index contributed by atoms with van der Waals surface area (Å²) in [5.41, 5.74) is 0. The fourth-order valence-electron chi connectivity index (χ4n) is 3.16. The summed E-state index contributed by atoms with van der Waals surface area (Å²) in [6, 6.07) is 0. The van der Waals surface area contributed by atoms with Crippen LogP contribution in [0.1, 0.15) is 40.0 Å². The van der Waals surface area contributed by atoms with E-state index in [9.17, 15) is 4.79 Å². The lowest BCUT2D eigenvalue weighted by molar-refractivity contribution is -0.137. The molecule has 2 aliphatic rings. The molecule has 2 saturated heterocycles. The molecule has 112 valence electrons. The number of nitrogens with zero attached hydrogens (tertiary/aromatic N) is 1. The molecule has 1 amide bonds. The number of halogens is 1. The van der Waals surface area contributed by atoms with Gasteiger partial charge in [-0.2, -0.15) is 0 Å². The summed E-state index contributed by atoms with van der Waals surface area (Å²) in [7, 11) is 0. The predicted octanol–water partition coefficient (Wildman–Crippen LogP) is 2.55. The van der Waals surface area contributed by atoms with Gasteiger partial charge in [-0.3, -0.25) is 4.79 Å². The Bertz CT molecular complexity index is 292. The zero-order valence-corrected chi connectivity index (χ0v) is 13.3. The van der Waals surface area contributed by atoms with E-state index in [4.69, 9.17) is 0 Å². The summed E-state index contributed by atoms with van der Waals surface area (Å²) in [6.07, 6.45) is 3.67. The summed E-state index contributed by atoms with van der Waals surface area (Å²) in [6.45, 7) is 10.7. The van der Waals surface area contributed by atoms with Crippen molar-refractivity contribution in [2.24, 2.45) is 23.7 Å². The van der Waals surface area contributed by atoms with Gasteiger partial charge in [0.25, 0.3) is 0 Å². The quantitative estimate of drug-likeness (QED) is 0.866. The third-order valence-electron chi connectivity index (χ3n) is 4.94. The topological polar surface area (TPSA) is 32.3 Å². The number of hydrogen-bond acceptors (Lipinski definition) is 2. The smallest absolute Gasteiger partial charge is 0.225 e. The van der Waals surface area contributed by atoms with Crippen LogP contribution in [-0.2, 0) is 4.79 Å². The first-order chi connectivity index (χ1) is 8.59. The lowest BCUT2D eigenvalue weighted by atomic mass is 9.87. The van der Waals surface area contributed by atoms with Crippen LogP contribution >= 0.6 is 12.4 Å². The van der Waals surface area contributed by atoms with E-state index in [2.05, 4.69) is 31.0 Å². The summed E-state index contributed by atoms with van der Waals surface area (Å²) in [5, 5.41) is 3.26.